The van der Waals surface area contributed by atoms with E-state index in [1.54, 1.807) is 0 Å². The number of carbonyl (C=O) groups excluding carboxylic acids is 1. The van der Waals surface area contributed by atoms with E-state index in [0.717, 1.165) is 31.7 Å². The highest BCUT2D eigenvalue weighted by atomic mass is 16.1. The third-order valence-corrected chi connectivity index (χ3v) is 6.19. The summed E-state index contributed by atoms with van der Waals surface area (Å²) >= 11 is 0. The molecule has 2 N–H and O–H groups in total. The van der Waals surface area contributed by atoms with Crippen molar-refractivity contribution >= 4 is 22.4 Å². The summed E-state index contributed by atoms with van der Waals surface area (Å²) in [5, 5.41) is 9.02. The molecule has 4 rings (SSSR count). The molecule has 5 nitrogen and oxygen atoms in total. The van der Waals surface area contributed by atoms with Gasteiger partial charge in [-0.15, -0.1) is 0 Å². The molecule has 1 unspecified atom stereocenters. The van der Waals surface area contributed by atoms with E-state index < -0.39 is 0 Å². The number of anilines is 1. The van der Waals surface area contributed by atoms with Gasteiger partial charge in [-0.1, -0.05) is 48.5 Å². The molecule has 1 atom stereocenters. The van der Waals surface area contributed by atoms with Gasteiger partial charge in [0.1, 0.15) is 0 Å². The van der Waals surface area contributed by atoms with Crippen LogP contribution in [-0.2, 0) is 0 Å². The van der Waals surface area contributed by atoms with Crippen molar-refractivity contribution in [3.05, 3.63) is 77.9 Å². The van der Waals surface area contributed by atoms with Gasteiger partial charge in [-0.05, 0) is 61.6 Å². The van der Waals surface area contributed by atoms with Crippen molar-refractivity contribution in [2.75, 3.05) is 45.7 Å². The first-order chi connectivity index (χ1) is 15.0. The molecule has 1 fully saturated rings. The zero-order valence-corrected chi connectivity index (χ0v) is 18.6. The van der Waals surface area contributed by atoms with Gasteiger partial charge >= 0.3 is 0 Å². The fraction of sp³-hybridized carbons (Fsp3) is 0.346. The maximum atomic E-state index is 13.3. The van der Waals surface area contributed by atoms with E-state index in [4.69, 9.17) is 0 Å². The standard InChI is InChI=1S/C26H32N4O/c1-29(2)15-14-25(24-13-7-9-19-8-4-5-12-23(19)24)28-26(31)20-10-6-11-21(16-20)30(3)22-17-27-18-22/h4-13,16,22,25,27H,14-15,17-18H2,1-3H3,(H,28,31). The maximum absolute atomic E-state index is 13.3. The van der Waals surface area contributed by atoms with Crippen LogP contribution in [0.4, 0.5) is 5.69 Å². The lowest BCUT2D eigenvalue weighted by atomic mass is 9.96. The molecular weight excluding hydrogens is 384 g/mol. The Morgan fingerprint density at radius 1 is 1.03 bits per heavy atom. The monoisotopic (exact) mass is 416 g/mol. The van der Waals surface area contributed by atoms with E-state index in [-0.39, 0.29) is 11.9 Å². The lowest BCUT2D eigenvalue weighted by Gasteiger charge is -2.37. The van der Waals surface area contributed by atoms with E-state index in [0.29, 0.717) is 11.6 Å². The summed E-state index contributed by atoms with van der Waals surface area (Å²) in [6.07, 6.45) is 0.847. The van der Waals surface area contributed by atoms with Crippen molar-refractivity contribution in [2.24, 2.45) is 0 Å². The minimum absolute atomic E-state index is 0.0290. The van der Waals surface area contributed by atoms with Gasteiger partial charge < -0.3 is 20.4 Å². The molecule has 162 valence electrons. The highest BCUT2D eigenvalue weighted by Crippen LogP contribution is 2.27. The third kappa shape index (κ3) is 4.89. The highest BCUT2D eigenvalue weighted by molar-refractivity contribution is 5.96. The molecule has 0 saturated carbocycles. The van der Waals surface area contributed by atoms with Crippen LogP contribution in [0.2, 0.25) is 0 Å². The summed E-state index contributed by atoms with van der Waals surface area (Å²) in [5.41, 5.74) is 2.95. The molecule has 31 heavy (non-hydrogen) atoms. The Morgan fingerprint density at radius 2 is 1.77 bits per heavy atom. The Kier molecular flexibility index (Phi) is 6.54. The predicted octanol–water partition coefficient (Wildman–Crippen LogP) is 3.67. The van der Waals surface area contributed by atoms with E-state index in [1.165, 1.54) is 16.3 Å². The van der Waals surface area contributed by atoms with Crippen molar-refractivity contribution in [3.63, 3.8) is 0 Å². The first-order valence-electron chi connectivity index (χ1n) is 11.0. The number of benzene rings is 3. The summed E-state index contributed by atoms with van der Waals surface area (Å²) in [6.45, 7) is 2.87. The number of nitrogens with one attached hydrogen (secondary N) is 2. The molecule has 1 saturated heterocycles. The second-order valence-electron chi connectivity index (χ2n) is 8.66. The van der Waals surface area contributed by atoms with Gasteiger partial charge in [-0.3, -0.25) is 4.79 Å². The summed E-state index contributed by atoms with van der Waals surface area (Å²) in [4.78, 5) is 17.7. The lowest BCUT2D eigenvalue weighted by molar-refractivity contribution is 0.0933. The summed E-state index contributed by atoms with van der Waals surface area (Å²) in [6, 6.07) is 23.1. The molecule has 1 amide bonds. The largest absolute Gasteiger partial charge is 0.369 e. The van der Waals surface area contributed by atoms with E-state index in [1.807, 2.05) is 18.2 Å². The van der Waals surface area contributed by atoms with E-state index in [9.17, 15) is 4.79 Å². The quantitative estimate of drug-likeness (QED) is 0.588. The van der Waals surface area contributed by atoms with Crippen LogP contribution in [0.25, 0.3) is 10.8 Å². The normalized spacial score (nSPS) is 15.0. The van der Waals surface area contributed by atoms with Gasteiger partial charge in [-0.2, -0.15) is 0 Å². The van der Waals surface area contributed by atoms with E-state index >= 15 is 0 Å². The van der Waals surface area contributed by atoms with Crippen molar-refractivity contribution in [3.8, 4) is 0 Å². The number of amides is 1. The molecule has 3 aromatic carbocycles. The Morgan fingerprint density at radius 3 is 2.52 bits per heavy atom. The van der Waals surface area contributed by atoms with Crippen LogP contribution in [0.15, 0.2) is 66.7 Å². The van der Waals surface area contributed by atoms with Crippen LogP contribution in [0.5, 0.6) is 0 Å². The minimum atomic E-state index is -0.0572. The van der Waals surface area contributed by atoms with Crippen LogP contribution in [0.1, 0.15) is 28.4 Å². The summed E-state index contributed by atoms with van der Waals surface area (Å²) in [5.74, 6) is -0.0290. The van der Waals surface area contributed by atoms with Crippen LogP contribution in [0, 0.1) is 0 Å². The molecule has 1 heterocycles. The van der Waals surface area contributed by atoms with Gasteiger partial charge in [0.05, 0.1) is 12.1 Å². The first-order valence-corrected chi connectivity index (χ1v) is 11.0. The van der Waals surface area contributed by atoms with Crippen molar-refractivity contribution < 1.29 is 4.79 Å². The molecule has 1 aliphatic rings. The molecule has 5 heteroatoms. The molecule has 0 aliphatic carbocycles. The van der Waals surface area contributed by atoms with E-state index in [2.05, 4.69) is 90.1 Å². The summed E-state index contributed by atoms with van der Waals surface area (Å²) < 4.78 is 0. The molecule has 0 aromatic heterocycles. The highest BCUT2D eigenvalue weighted by Gasteiger charge is 2.23. The topological polar surface area (TPSA) is 47.6 Å². The number of carbonyl (C=O) groups is 1. The number of hydrogen-bond acceptors (Lipinski definition) is 4. The van der Waals surface area contributed by atoms with Gasteiger partial charge in [0.2, 0.25) is 0 Å². The molecular formula is C26H32N4O. The van der Waals surface area contributed by atoms with Gasteiger partial charge in [-0.25, -0.2) is 0 Å². The molecule has 0 bridgehead atoms. The second-order valence-corrected chi connectivity index (χ2v) is 8.66. The lowest BCUT2D eigenvalue weighted by Crippen LogP contribution is -2.56. The van der Waals surface area contributed by atoms with Crippen LogP contribution < -0.4 is 15.5 Å². The Balaban J connectivity index is 1.59. The van der Waals surface area contributed by atoms with Gasteiger partial charge in [0, 0.05) is 31.4 Å². The molecule has 3 aromatic rings. The molecule has 0 radical (unpaired) electrons. The Labute approximate surface area is 185 Å². The van der Waals surface area contributed by atoms with Gasteiger partial charge in [0.25, 0.3) is 5.91 Å². The number of likely N-dealkylation sites (N-methyl/N-ethyl adjacent to an activating group) is 1. The Bertz CT molecular complexity index is 1040. The van der Waals surface area contributed by atoms with Crippen molar-refractivity contribution in [2.45, 2.75) is 18.5 Å². The SMILES string of the molecule is CN(C)CCC(NC(=O)c1cccc(N(C)C2CNC2)c1)c1cccc2ccccc12. The van der Waals surface area contributed by atoms with Crippen LogP contribution in [0.3, 0.4) is 0 Å². The van der Waals surface area contributed by atoms with Crippen molar-refractivity contribution in [1.29, 1.82) is 0 Å². The number of nitrogens with zero attached hydrogens (tertiary/aromatic N) is 2. The zero-order chi connectivity index (χ0) is 21.8. The minimum Gasteiger partial charge on any atom is -0.369 e. The number of fused-ring (bicyclic) bond motifs is 1. The average molecular weight is 417 g/mol. The number of rotatable bonds is 8. The van der Waals surface area contributed by atoms with Crippen LogP contribution in [-0.4, -0.2) is 57.6 Å². The predicted molar refractivity (Wildman–Crippen MR) is 129 cm³/mol. The Hall–Kier alpha value is -2.89. The fourth-order valence-corrected chi connectivity index (χ4v) is 4.11. The third-order valence-electron chi connectivity index (χ3n) is 6.19. The first kappa shape index (κ1) is 21.3. The fourth-order valence-electron chi connectivity index (χ4n) is 4.11. The smallest absolute Gasteiger partial charge is 0.251 e. The summed E-state index contributed by atoms with van der Waals surface area (Å²) in [7, 11) is 6.23. The van der Waals surface area contributed by atoms with Gasteiger partial charge in [0.15, 0.2) is 0 Å². The zero-order valence-electron chi connectivity index (χ0n) is 18.6. The number of hydrogen-bond donors (Lipinski definition) is 2. The van der Waals surface area contributed by atoms with Crippen LogP contribution >= 0.6 is 0 Å². The van der Waals surface area contributed by atoms with Crippen molar-refractivity contribution in [1.82, 2.24) is 15.5 Å². The average Bonchev–Trinajstić information content (AvgIpc) is 2.75. The molecule has 0 spiro atoms. The molecule has 1 aliphatic heterocycles. The second kappa shape index (κ2) is 9.50. The maximum Gasteiger partial charge on any atom is 0.251 e.